The number of nitrogens with one attached hydrogen (secondary N) is 1. The van der Waals surface area contributed by atoms with Crippen LogP contribution in [0.4, 0.5) is 0 Å². The van der Waals surface area contributed by atoms with Crippen molar-refractivity contribution in [1.29, 1.82) is 0 Å². The molecule has 0 saturated carbocycles. The van der Waals surface area contributed by atoms with Gasteiger partial charge in [-0.05, 0) is 31.7 Å². The van der Waals surface area contributed by atoms with Gasteiger partial charge in [-0.3, -0.25) is 4.98 Å². The van der Waals surface area contributed by atoms with Gasteiger partial charge in [0.15, 0.2) is 0 Å². The van der Waals surface area contributed by atoms with E-state index in [4.69, 9.17) is 4.74 Å². The maximum absolute atomic E-state index is 5.55. The summed E-state index contributed by atoms with van der Waals surface area (Å²) in [5.41, 5.74) is 3.52. The number of hydrogen-bond donors (Lipinski definition) is 1. The van der Waals surface area contributed by atoms with Crippen LogP contribution in [0, 0.1) is 6.92 Å². The Bertz CT molecular complexity index is 569. The van der Waals surface area contributed by atoms with Gasteiger partial charge in [-0.2, -0.15) is 0 Å². The summed E-state index contributed by atoms with van der Waals surface area (Å²) in [6.45, 7) is 7.34. The average Bonchev–Trinajstić information content (AvgIpc) is 2.53. The molecule has 0 aliphatic rings. The molecule has 0 radical (unpaired) electrons. The fourth-order valence-electron chi connectivity index (χ4n) is 2.69. The van der Waals surface area contributed by atoms with Crippen LogP contribution in [0.5, 0.6) is 5.75 Å². The van der Waals surface area contributed by atoms with Crippen LogP contribution in [0.25, 0.3) is 0 Å². The van der Waals surface area contributed by atoms with Gasteiger partial charge in [-0.15, -0.1) is 0 Å². The van der Waals surface area contributed by atoms with Crippen LogP contribution in [0.3, 0.4) is 0 Å². The molecule has 3 nitrogen and oxygen atoms in total. The number of methoxy groups -OCH3 is 1. The topological polar surface area (TPSA) is 34.1 Å². The molecule has 0 aliphatic heterocycles. The van der Waals surface area contributed by atoms with Gasteiger partial charge in [0, 0.05) is 29.4 Å². The number of hydrogen-bond acceptors (Lipinski definition) is 3. The first-order valence-corrected chi connectivity index (χ1v) is 7.46. The van der Waals surface area contributed by atoms with E-state index in [1.54, 1.807) is 7.11 Å². The Morgan fingerprint density at radius 1 is 1.24 bits per heavy atom. The summed E-state index contributed by atoms with van der Waals surface area (Å²) in [6.07, 6.45) is 1.85. The molecule has 0 amide bonds. The Balaban J connectivity index is 2.41. The van der Waals surface area contributed by atoms with E-state index in [-0.39, 0.29) is 12.0 Å². The maximum Gasteiger partial charge on any atom is 0.123 e. The molecule has 1 aromatic carbocycles. The van der Waals surface area contributed by atoms with Gasteiger partial charge in [-0.1, -0.05) is 37.6 Å². The van der Waals surface area contributed by atoms with E-state index < -0.39 is 0 Å². The van der Waals surface area contributed by atoms with E-state index in [2.05, 4.69) is 49.3 Å². The third-order valence-corrected chi connectivity index (χ3v) is 3.80. The Kier molecular flexibility index (Phi) is 5.34. The van der Waals surface area contributed by atoms with Gasteiger partial charge in [0.2, 0.25) is 0 Å². The van der Waals surface area contributed by atoms with Crippen molar-refractivity contribution in [1.82, 2.24) is 10.3 Å². The molecule has 2 unspecified atom stereocenters. The van der Waals surface area contributed by atoms with E-state index >= 15 is 0 Å². The van der Waals surface area contributed by atoms with Crippen LogP contribution in [0.15, 0.2) is 42.6 Å². The summed E-state index contributed by atoms with van der Waals surface area (Å²) in [6, 6.07) is 12.6. The molecular weight excluding hydrogens is 260 g/mol. The highest BCUT2D eigenvalue weighted by molar-refractivity contribution is 5.40. The molecule has 0 fully saturated rings. The molecule has 0 spiro atoms. The minimum Gasteiger partial charge on any atom is -0.496 e. The second kappa shape index (κ2) is 7.23. The highest BCUT2D eigenvalue weighted by Gasteiger charge is 2.24. The van der Waals surface area contributed by atoms with E-state index in [1.807, 2.05) is 24.4 Å². The van der Waals surface area contributed by atoms with Gasteiger partial charge in [0.25, 0.3) is 0 Å². The summed E-state index contributed by atoms with van der Waals surface area (Å²) < 4.78 is 5.55. The second-order valence-corrected chi connectivity index (χ2v) is 5.32. The molecule has 2 atom stereocenters. The van der Waals surface area contributed by atoms with Crippen LogP contribution < -0.4 is 10.1 Å². The van der Waals surface area contributed by atoms with Gasteiger partial charge in [-0.25, -0.2) is 0 Å². The molecule has 1 N–H and O–H groups in total. The van der Waals surface area contributed by atoms with E-state index in [0.29, 0.717) is 0 Å². The van der Waals surface area contributed by atoms with E-state index in [9.17, 15) is 0 Å². The predicted octanol–water partition coefficient (Wildman–Crippen LogP) is 3.85. The zero-order valence-corrected chi connectivity index (χ0v) is 13.3. The standard InChI is InChI=1S/C18H24N2O/c1-5-19-18(14(3)16-8-6-7-11-20-16)15-12-13(2)9-10-17(15)21-4/h6-12,14,18-19H,5H2,1-4H3. The van der Waals surface area contributed by atoms with Crippen molar-refractivity contribution >= 4 is 0 Å². The number of likely N-dealkylation sites (N-methyl/N-ethyl adjacent to an activating group) is 1. The zero-order valence-electron chi connectivity index (χ0n) is 13.3. The lowest BCUT2D eigenvalue weighted by Crippen LogP contribution is -2.26. The van der Waals surface area contributed by atoms with Crippen LogP contribution in [-0.2, 0) is 0 Å². The van der Waals surface area contributed by atoms with Crippen molar-refractivity contribution in [3.63, 3.8) is 0 Å². The van der Waals surface area contributed by atoms with Crippen molar-refractivity contribution in [2.24, 2.45) is 0 Å². The van der Waals surface area contributed by atoms with Crippen molar-refractivity contribution in [3.05, 3.63) is 59.4 Å². The molecule has 1 aromatic heterocycles. The third-order valence-electron chi connectivity index (χ3n) is 3.80. The lowest BCUT2D eigenvalue weighted by molar-refractivity contribution is 0.389. The maximum atomic E-state index is 5.55. The lowest BCUT2D eigenvalue weighted by Gasteiger charge is -2.27. The van der Waals surface area contributed by atoms with E-state index in [0.717, 1.165) is 18.0 Å². The third kappa shape index (κ3) is 3.61. The number of pyridine rings is 1. The molecule has 3 heteroatoms. The molecule has 112 valence electrons. The first-order chi connectivity index (χ1) is 10.2. The van der Waals surface area contributed by atoms with Crippen molar-refractivity contribution < 1.29 is 4.74 Å². The average molecular weight is 284 g/mol. The van der Waals surface area contributed by atoms with Crippen LogP contribution >= 0.6 is 0 Å². The van der Waals surface area contributed by atoms with E-state index in [1.165, 1.54) is 11.1 Å². The van der Waals surface area contributed by atoms with Crippen molar-refractivity contribution in [2.75, 3.05) is 13.7 Å². The predicted molar refractivity (Wildman–Crippen MR) is 86.8 cm³/mol. The molecule has 2 rings (SSSR count). The number of ether oxygens (including phenoxy) is 1. The Labute approximate surface area is 127 Å². The number of aryl methyl sites for hydroxylation is 1. The summed E-state index contributed by atoms with van der Waals surface area (Å²) >= 11 is 0. The Morgan fingerprint density at radius 3 is 2.67 bits per heavy atom. The highest BCUT2D eigenvalue weighted by atomic mass is 16.5. The van der Waals surface area contributed by atoms with Crippen LogP contribution in [0.1, 0.15) is 42.6 Å². The highest BCUT2D eigenvalue weighted by Crippen LogP contribution is 2.35. The number of rotatable bonds is 6. The fourth-order valence-corrected chi connectivity index (χ4v) is 2.69. The molecule has 21 heavy (non-hydrogen) atoms. The first kappa shape index (κ1) is 15.5. The largest absolute Gasteiger partial charge is 0.496 e. The van der Waals surface area contributed by atoms with Crippen molar-refractivity contribution in [3.8, 4) is 5.75 Å². The quantitative estimate of drug-likeness (QED) is 0.874. The molecule has 1 heterocycles. The SMILES string of the molecule is CCNC(c1cc(C)ccc1OC)C(C)c1ccccn1. The summed E-state index contributed by atoms with van der Waals surface area (Å²) in [5.74, 6) is 1.19. The zero-order chi connectivity index (χ0) is 15.2. The smallest absolute Gasteiger partial charge is 0.123 e. The molecule has 2 aromatic rings. The van der Waals surface area contributed by atoms with Crippen molar-refractivity contribution in [2.45, 2.75) is 32.7 Å². The number of benzene rings is 1. The van der Waals surface area contributed by atoms with Crippen LogP contribution in [0.2, 0.25) is 0 Å². The second-order valence-electron chi connectivity index (χ2n) is 5.32. The number of nitrogens with zero attached hydrogens (tertiary/aromatic N) is 1. The van der Waals surface area contributed by atoms with Gasteiger partial charge in [0.1, 0.15) is 5.75 Å². The first-order valence-electron chi connectivity index (χ1n) is 7.46. The monoisotopic (exact) mass is 284 g/mol. The molecule has 0 aliphatic carbocycles. The van der Waals surface area contributed by atoms with Gasteiger partial charge >= 0.3 is 0 Å². The Hall–Kier alpha value is -1.87. The summed E-state index contributed by atoms with van der Waals surface area (Å²) in [4.78, 5) is 4.50. The van der Waals surface area contributed by atoms with Gasteiger partial charge < -0.3 is 10.1 Å². The minimum atomic E-state index is 0.180. The lowest BCUT2D eigenvalue weighted by atomic mass is 9.90. The number of aromatic nitrogens is 1. The molecular formula is C18H24N2O. The molecule has 0 bridgehead atoms. The summed E-state index contributed by atoms with van der Waals surface area (Å²) in [7, 11) is 1.72. The summed E-state index contributed by atoms with van der Waals surface area (Å²) in [5, 5.41) is 3.58. The molecule has 0 saturated heterocycles. The normalized spacial score (nSPS) is 13.7. The van der Waals surface area contributed by atoms with Gasteiger partial charge in [0.05, 0.1) is 7.11 Å². The Morgan fingerprint density at radius 2 is 2.05 bits per heavy atom. The van der Waals surface area contributed by atoms with Crippen LogP contribution in [-0.4, -0.2) is 18.6 Å². The minimum absolute atomic E-state index is 0.180. The fraction of sp³-hybridized carbons (Fsp3) is 0.389.